The van der Waals surface area contributed by atoms with Gasteiger partial charge in [-0.3, -0.25) is 4.79 Å². The Balaban J connectivity index is 1.85. The number of halogens is 1. The van der Waals surface area contributed by atoms with Gasteiger partial charge in [-0.05, 0) is 54.2 Å². The largest absolute Gasteiger partial charge is 0.338 e. The van der Waals surface area contributed by atoms with Gasteiger partial charge < -0.3 is 10.6 Å². The molecule has 2 atom stereocenters. The van der Waals surface area contributed by atoms with Crippen molar-refractivity contribution in [1.82, 2.24) is 4.90 Å². The Bertz CT molecular complexity index is 481. The smallest absolute Gasteiger partial charge is 0.223 e. The van der Waals surface area contributed by atoms with Gasteiger partial charge in [0.2, 0.25) is 5.91 Å². The van der Waals surface area contributed by atoms with E-state index in [4.69, 9.17) is 5.73 Å². The minimum atomic E-state index is 0.0603. The summed E-state index contributed by atoms with van der Waals surface area (Å²) in [5, 5.41) is 0. The van der Waals surface area contributed by atoms with Crippen molar-refractivity contribution in [1.29, 1.82) is 0 Å². The van der Waals surface area contributed by atoms with E-state index in [1.807, 2.05) is 30.0 Å². The average Bonchev–Trinajstić information content (AvgIpc) is 2.49. The van der Waals surface area contributed by atoms with Crippen LogP contribution < -0.4 is 5.73 Å². The summed E-state index contributed by atoms with van der Waals surface area (Å²) in [5.74, 6) is 1.06. The van der Waals surface area contributed by atoms with Crippen molar-refractivity contribution < 1.29 is 4.79 Å². The van der Waals surface area contributed by atoms with Gasteiger partial charge in [-0.1, -0.05) is 12.1 Å². The number of hydrogen-bond acceptors (Lipinski definition) is 3. The Hall–Kier alpha value is -0.520. The van der Waals surface area contributed by atoms with Crippen LogP contribution in [0.2, 0.25) is 0 Å². The fourth-order valence-corrected chi connectivity index (χ4v) is 4.27. The van der Waals surface area contributed by atoms with Crippen molar-refractivity contribution in [2.45, 2.75) is 49.6 Å². The van der Waals surface area contributed by atoms with Gasteiger partial charge in [-0.2, -0.15) is 0 Å². The van der Waals surface area contributed by atoms with Gasteiger partial charge in [0.05, 0.1) is 0 Å². The zero-order valence-corrected chi connectivity index (χ0v) is 14.8. The van der Waals surface area contributed by atoms with Gasteiger partial charge in [0.1, 0.15) is 0 Å². The van der Waals surface area contributed by atoms with E-state index in [1.165, 1.54) is 11.3 Å². The molecule has 1 heterocycles. The van der Waals surface area contributed by atoms with Gasteiger partial charge in [0, 0.05) is 40.2 Å². The molecule has 1 fully saturated rings. The first kappa shape index (κ1) is 16.8. The molecule has 0 aromatic heterocycles. The molecule has 2 rings (SSSR count). The zero-order valence-electron chi connectivity index (χ0n) is 12.4. The number of thioether (sulfide) groups is 1. The molecular weight excluding hydrogens is 348 g/mol. The van der Waals surface area contributed by atoms with E-state index in [-0.39, 0.29) is 18.0 Å². The van der Waals surface area contributed by atoms with Crippen molar-refractivity contribution in [3.63, 3.8) is 0 Å². The summed E-state index contributed by atoms with van der Waals surface area (Å²) in [5.41, 5.74) is 6.03. The lowest BCUT2D eigenvalue weighted by atomic mass is 9.96. The monoisotopic (exact) mass is 370 g/mol. The fraction of sp³-hybridized carbons (Fsp3) is 0.562. The predicted octanol–water partition coefficient (Wildman–Crippen LogP) is 3.66. The molecule has 0 radical (unpaired) electrons. The Morgan fingerprint density at radius 1 is 1.48 bits per heavy atom. The highest BCUT2D eigenvalue weighted by atomic mass is 79.9. The van der Waals surface area contributed by atoms with E-state index in [2.05, 4.69) is 22.0 Å². The number of carbonyl (C=O) groups excluding carboxylic acids is 1. The maximum absolute atomic E-state index is 12.4. The van der Waals surface area contributed by atoms with Crippen molar-refractivity contribution in [2.24, 2.45) is 5.73 Å². The molecule has 21 heavy (non-hydrogen) atoms. The molecule has 0 aliphatic carbocycles. The van der Waals surface area contributed by atoms with Gasteiger partial charge in [-0.25, -0.2) is 0 Å². The van der Waals surface area contributed by atoms with Gasteiger partial charge in [-0.15, -0.1) is 11.8 Å². The number of piperidine rings is 1. The standard InChI is InChI=1S/C16H23BrN2OS/c1-12(18)14-7-4-5-10-19(14)16(20)9-11-21-15-8-3-2-6-13(15)17/h2-3,6,8,12,14H,4-5,7,9-11,18H2,1H3. The SMILES string of the molecule is CC(N)C1CCCCN1C(=O)CCSc1ccccc1Br. The highest BCUT2D eigenvalue weighted by molar-refractivity contribution is 9.10. The van der Waals surface area contributed by atoms with Crippen LogP contribution in [0.25, 0.3) is 0 Å². The lowest BCUT2D eigenvalue weighted by Crippen LogP contribution is -2.51. The molecule has 1 aromatic rings. The number of rotatable bonds is 5. The Kier molecular flexibility index (Phi) is 6.58. The van der Waals surface area contributed by atoms with Crippen molar-refractivity contribution in [2.75, 3.05) is 12.3 Å². The molecular formula is C16H23BrN2OS. The van der Waals surface area contributed by atoms with Crippen LogP contribution in [0.5, 0.6) is 0 Å². The second-order valence-electron chi connectivity index (χ2n) is 5.54. The number of carbonyl (C=O) groups is 1. The molecule has 0 spiro atoms. The van der Waals surface area contributed by atoms with E-state index in [0.717, 1.165) is 29.6 Å². The topological polar surface area (TPSA) is 46.3 Å². The van der Waals surface area contributed by atoms with E-state index >= 15 is 0 Å². The van der Waals surface area contributed by atoms with Gasteiger partial charge in [0.15, 0.2) is 0 Å². The number of amides is 1. The zero-order chi connectivity index (χ0) is 15.2. The number of nitrogens with zero attached hydrogens (tertiary/aromatic N) is 1. The van der Waals surface area contributed by atoms with Crippen molar-refractivity contribution in [3.05, 3.63) is 28.7 Å². The minimum Gasteiger partial charge on any atom is -0.338 e. The molecule has 116 valence electrons. The summed E-state index contributed by atoms with van der Waals surface area (Å²) >= 11 is 5.26. The van der Waals surface area contributed by atoms with Crippen molar-refractivity contribution in [3.8, 4) is 0 Å². The summed E-state index contributed by atoms with van der Waals surface area (Å²) in [7, 11) is 0. The van der Waals surface area contributed by atoms with E-state index < -0.39 is 0 Å². The van der Waals surface area contributed by atoms with Crippen LogP contribution in [-0.4, -0.2) is 35.2 Å². The quantitative estimate of drug-likeness (QED) is 0.804. The molecule has 1 amide bonds. The van der Waals surface area contributed by atoms with Crippen LogP contribution in [0.15, 0.2) is 33.6 Å². The first-order chi connectivity index (χ1) is 10.1. The molecule has 2 N–H and O–H groups in total. The van der Waals surface area contributed by atoms with E-state index in [9.17, 15) is 4.79 Å². The Labute approximate surface area is 139 Å². The normalized spacial score (nSPS) is 20.3. The van der Waals surface area contributed by atoms with Crippen LogP contribution in [0.1, 0.15) is 32.6 Å². The summed E-state index contributed by atoms with van der Waals surface area (Å²) in [6.07, 6.45) is 3.91. The molecule has 5 heteroatoms. The maximum atomic E-state index is 12.4. The molecule has 0 saturated carbocycles. The lowest BCUT2D eigenvalue weighted by Gasteiger charge is -2.38. The predicted molar refractivity (Wildman–Crippen MR) is 92.5 cm³/mol. The molecule has 1 saturated heterocycles. The average molecular weight is 371 g/mol. The van der Waals surface area contributed by atoms with Crippen molar-refractivity contribution >= 4 is 33.6 Å². The van der Waals surface area contributed by atoms with E-state index in [1.54, 1.807) is 11.8 Å². The Morgan fingerprint density at radius 2 is 2.24 bits per heavy atom. The molecule has 0 bridgehead atoms. The number of benzene rings is 1. The van der Waals surface area contributed by atoms with Crippen LogP contribution >= 0.6 is 27.7 Å². The molecule has 2 unspecified atom stereocenters. The molecule has 1 aliphatic rings. The lowest BCUT2D eigenvalue weighted by molar-refractivity contribution is -0.134. The second kappa shape index (κ2) is 8.20. The van der Waals surface area contributed by atoms with E-state index in [0.29, 0.717) is 6.42 Å². The molecule has 1 aliphatic heterocycles. The highest BCUT2D eigenvalue weighted by Crippen LogP contribution is 2.28. The Morgan fingerprint density at radius 3 is 2.95 bits per heavy atom. The maximum Gasteiger partial charge on any atom is 0.223 e. The summed E-state index contributed by atoms with van der Waals surface area (Å²) < 4.78 is 1.09. The third-order valence-corrected chi connectivity index (χ3v) is 5.92. The minimum absolute atomic E-state index is 0.0603. The van der Waals surface area contributed by atoms with Crippen LogP contribution in [0.3, 0.4) is 0 Å². The summed E-state index contributed by atoms with van der Waals surface area (Å²) in [6.45, 7) is 2.87. The summed E-state index contributed by atoms with van der Waals surface area (Å²) in [6, 6.07) is 8.41. The number of likely N-dealkylation sites (tertiary alicyclic amines) is 1. The molecule has 1 aromatic carbocycles. The van der Waals surface area contributed by atoms with Crippen LogP contribution in [0, 0.1) is 0 Å². The first-order valence-corrected chi connectivity index (χ1v) is 9.30. The second-order valence-corrected chi connectivity index (χ2v) is 7.53. The third kappa shape index (κ3) is 4.73. The molecule has 3 nitrogen and oxygen atoms in total. The highest BCUT2D eigenvalue weighted by Gasteiger charge is 2.28. The number of hydrogen-bond donors (Lipinski definition) is 1. The third-order valence-electron chi connectivity index (χ3n) is 3.89. The first-order valence-electron chi connectivity index (χ1n) is 7.52. The number of nitrogens with two attached hydrogens (primary N) is 1. The van der Waals surface area contributed by atoms with Crippen LogP contribution in [0.4, 0.5) is 0 Å². The fourth-order valence-electron chi connectivity index (χ4n) is 2.77. The summed E-state index contributed by atoms with van der Waals surface area (Å²) in [4.78, 5) is 15.6. The van der Waals surface area contributed by atoms with Gasteiger partial charge in [0.25, 0.3) is 0 Å². The van der Waals surface area contributed by atoms with Gasteiger partial charge >= 0.3 is 0 Å². The van der Waals surface area contributed by atoms with Crippen LogP contribution in [-0.2, 0) is 4.79 Å².